The molecule has 1 aromatic rings. The molecule has 1 heterocycles. The molecule has 0 aliphatic rings. The molecule has 4 heteroatoms. The second kappa shape index (κ2) is 5.56. The van der Waals surface area contributed by atoms with Crippen molar-refractivity contribution in [1.82, 2.24) is 4.98 Å². The number of rotatable bonds is 3. The molecule has 80 valence electrons. The van der Waals surface area contributed by atoms with E-state index in [2.05, 4.69) is 4.98 Å². The van der Waals surface area contributed by atoms with Crippen LogP contribution in [0.25, 0.3) is 6.08 Å². The number of carbonyl (C=O) groups is 1. The summed E-state index contributed by atoms with van der Waals surface area (Å²) in [5.41, 5.74) is 1.57. The van der Waals surface area contributed by atoms with Crippen LogP contribution in [-0.4, -0.2) is 15.9 Å². The standard InChI is InChI=1S/C11H13NO2S/c1-8-6-10(7-12-11(8)14)4-3-5-15-9(2)13/h3-4,6-7H,5H2,1-2H3,(H,12,14). The highest BCUT2D eigenvalue weighted by Gasteiger charge is 1.93. The first-order chi connectivity index (χ1) is 7.09. The average Bonchev–Trinajstić information content (AvgIpc) is 2.18. The van der Waals surface area contributed by atoms with Gasteiger partial charge in [0.25, 0.3) is 5.56 Å². The first-order valence-corrected chi connectivity index (χ1v) is 5.57. The third-order valence-corrected chi connectivity index (χ3v) is 2.57. The number of H-pyrrole nitrogens is 1. The Balaban J connectivity index is 2.61. The van der Waals surface area contributed by atoms with Gasteiger partial charge in [-0.2, -0.15) is 0 Å². The summed E-state index contributed by atoms with van der Waals surface area (Å²) in [7, 11) is 0. The van der Waals surface area contributed by atoms with Crippen molar-refractivity contribution in [2.75, 3.05) is 5.75 Å². The lowest BCUT2D eigenvalue weighted by molar-refractivity contribution is -0.109. The van der Waals surface area contributed by atoms with Crippen molar-refractivity contribution in [2.45, 2.75) is 13.8 Å². The number of nitrogens with one attached hydrogen (secondary N) is 1. The van der Waals surface area contributed by atoms with Gasteiger partial charge in [0.2, 0.25) is 0 Å². The number of carbonyl (C=O) groups excluding carboxylic acids is 1. The van der Waals surface area contributed by atoms with Crippen LogP contribution in [0.2, 0.25) is 0 Å². The summed E-state index contributed by atoms with van der Waals surface area (Å²) in [6, 6.07) is 1.81. The predicted octanol–water partition coefficient (Wildman–Crippen LogP) is 1.98. The van der Waals surface area contributed by atoms with Crippen LogP contribution in [0.3, 0.4) is 0 Å². The largest absolute Gasteiger partial charge is 0.328 e. The smallest absolute Gasteiger partial charge is 0.250 e. The Kier molecular flexibility index (Phi) is 4.37. The molecule has 0 aliphatic heterocycles. The van der Waals surface area contributed by atoms with Crippen molar-refractivity contribution in [2.24, 2.45) is 0 Å². The second-order valence-electron chi connectivity index (χ2n) is 3.15. The van der Waals surface area contributed by atoms with Gasteiger partial charge < -0.3 is 4.98 Å². The number of aromatic amines is 1. The number of hydrogen-bond donors (Lipinski definition) is 1. The maximum absolute atomic E-state index is 11.1. The number of pyridine rings is 1. The molecule has 0 saturated heterocycles. The fourth-order valence-electron chi connectivity index (χ4n) is 1.07. The van der Waals surface area contributed by atoms with Crippen LogP contribution < -0.4 is 5.56 Å². The van der Waals surface area contributed by atoms with Gasteiger partial charge in [-0.05, 0) is 18.6 Å². The fraction of sp³-hybridized carbons (Fsp3) is 0.273. The molecule has 0 atom stereocenters. The monoisotopic (exact) mass is 223 g/mol. The molecule has 3 nitrogen and oxygen atoms in total. The lowest BCUT2D eigenvalue weighted by atomic mass is 10.2. The van der Waals surface area contributed by atoms with Crippen LogP contribution >= 0.6 is 11.8 Å². The van der Waals surface area contributed by atoms with E-state index < -0.39 is 0 Å². The lowest BCUT2D eigenvalue weighted by Crippen LogP contribution is -2.07. The molecule has 0 unspecified atom stereocenters. The van der Waals surface area contributed by atoms with Crippen LogP contribution in [0.1, 0.15) is 18.1 Å². The Morgan fingerprint density at radius 2 is 2.33 bits per heavy atom. The molecule has 0 spiro atoms. The van der Waals surface area contributed by atoms with Crippen LogP contribution in [0.4, 0.5) is 0 Å². The van der Waals surface area contributed by atoms with Gasteiger partial charge in [0.1, 0.15) is 0 Å². The summed E-state index contributed by atoms with van der Waals surface area (Å²) in [4.78, 5) is 24.3. The Morgan fingerprint density at radius 1 is 1.60 bits per heavy atom. The van der Waals surface area contributed by atoms with Gasteiger partial charge in [0.15, 0.2) is 5.12 Å². The lowest BCUT2D eigenvalue weighted by Gasteiger charge is -1.95. The van der Waals surface area contributed by atoms with Crippen LogP contribution in [0, 0.1) is 6.92 Å². The van der Waals surface area contributed by atoms with Crippen LogP contribution in [-0.2, 0) is 4.79 Å². The van der Waals surface area contributed by atoms with E-state index in [-0.39, 0.29) is 10.7 Å². The van der Waals surface area contributed by atoms with Gasteiger partial charge in [-0.25, -0.2) is 0 Å². The van der Waals surface area contributed by atoms with Gasteiger partial charge in [-0.3, -0.25) is 9.59 Å². The van der Waals surface area contributed by atoms with Crippen molar-refractivity contribution in [1.29, 1.82) is 0 Å². The SMILES string of the molecule is CC(=O)SCC=Cc1c[nH]c(=O)c(C)c1. The van der Waals surface area contributed by atoms with Crippen molar-refractivity contribution in [3.05, 3.63) is 39.8 Å². The minimum atomic E-state index is -0.0646. The molecule has 0 fully saturated rings. The fourth-order valence-corrected chi connectivity index (χ4v) is 1.49. The quantitative estimate of drug-likeness (QED) is 0.852. The summed E-state index contributed by atoms with van der Waals surface area (Å²) in [6.07, 6.45) is 5.45. The Hall–Kier alpha value is -1.29. The number of thioether (sulfide) groups is 1. The Morgan fingerprint density at radius 3 is 2.93 bits per heavy atom. The maximum Gasteiger partial charge on any atom is 0.250 e. The third kappa shape index (κ3) is 4.16. The topological polar surface area (TPSA) is 49.9 Å². The van der Waals surface area contributed by atoms with Crippen molar-refractivity contribution in [3.63, 3.8) is 0 Å². The first kappa shape index (κ1) is 11.8. The summed E-state index contributed by atoms with van der Waals surface area (Å²) in [5.74, 6) is 0.660. The highest BCUT2D eigenvalue weighted by Crippen LogP contribution is 2.04. The average molecular weight is 223 g/mol. The van der Waals surface area contributed by atoms with Gasteiger partial charge in [0, 0.05) is 24.4 Å². The minimum absolute atomic E-state index is 0.0646. The van der Waals surface area contributed by atoms with Gasteiger partial charge in [-0.1, -0.05) is 23.9 Å². The maximum atomic E-state index is 11.1. The first-order valence-electron chi connectivity index (χ1n) is 4.59. The summed E-state index contributed by atoms with van der Waals surface area (Å²) in [5, 5.41) is 0.109. The summed E-state index contributed by atoms with van der Waals surface area (Å²) in [6.45, 7) is 3.31. The van der Waals surface area contributed by atoms with E-state index in [1.807, 2.05) is 18.2 Å². The minimum Gasteiger partial charge on any atom is -0.328 e. The molecule has 0 bridgehead atoms. The second-order valence-corrected chi connectivity index (χ2v) is 4.35. The zero-order valence-corrected chi connectivity index (χ0v) is 9.56. The number of aromatic nitrogens is 1. The third-order valence-electron chi connectivity index (χ3n) is 1.80. The highest BCUT2D eigenvalue weighted by atomic mass is 32.2. The van der Waals surface area contributed by atoms with E-state index in [1.54, 1.807) is 20.0 Å². The molecule has 1 aromatic heterocycles. The van der Waals surface area contributed by atoms with E-state index >= 15 is 0 Å². The molecule has 0 aliphatic carbocycles. The van der Waals surface area contributed by atoms with Gasteiger partial charge in [-0.15, -0.1) is 0 Å². The zero-order chi connectivity index (χ0) is 11.3. The van der Waals surface area contributed by atoms with Crippen molar-refractivity contribution < 1.29 is 4.79 Å². The molecule has 0 amide bonds. The van der Waals surface area contributed by atoms with E-state index in [9.17, 15) is 9.59 Å². The van der Waals surface area contributed by atoms with Crippen LogP contribution in [0.15, 0.2) is 23.1 Å². The van der Waals surface area contributed by atoms with Crippen molar-refractivity contribution >= 4 is 23.0 Å². The van der Waals surface area contributed by atoms with Gasteiger partial charge in [0.05, 0.1) is 0 Å². The molecule has 0 saturated carbocycles. The molecule has 15 heavy (non-hydrogen) atoms. The highest BCUT2D eigenvalue weighted by molar-refractivity contribution is 8.13. The summed E-state index contributed by atoms with van der Waals surface area (Å²) >= 11 is 1.26. The van der Waals surface area contributed by atoms with E-state index in [4.69, 9.17) is 0 Å². The molecular weight excluding hydrogens is 210 g/mol. The normalized spacial score (nSPS) is 10.8. The zero-order valence-electron chi connectivity index (χ0n) is 8.74. The molecule has 0 aromatic carbocycles. The van der Waals surface area contributed by atoms with Crippen molar-refractivity contribution in [3.8, 4) is 0 Å². The predicted molar refractivity (Wildman–Crippen MR) is 64.0 cm³/mol. The van der Waals surface area contributed by atoms with E-state index in [1.165, 1.54) is 11.8 Å². The molecule has 1 N–H and O–H groups in total. The van der Waals surface area contributed by atoms with E-state index in [0.29, 0.717) is 11.3 Å². The van der Waals surface area contributed by atoms with E-state index in [0.717, 1.165) is 5.56 Å². The molecular formula is C11H13NO2S. The molecule has 1 rings (SSSR count). The summed E-state index contributed by atoms with van der Waals surface area (Å²) < 4.78 is 0. The Labute approximate surface area is 92.6 Å². The molecule has 0 radical (unpaired) electrons. The Bertz CT molecular complexity index is 434. The number of aryl methyl sites for hydroxylation is 1. The van der Waals surface area contributed by atoms with Gasteiger partial charge >= 0.3 is 0 Å². The number of hydrogen-bond acceptors (Lipinski definition) is 3. The van der Waals surface area contributed by atoms with Crippen LogP contribution in [0.5, 0.6) is 0 Å².